The first-order valence-electron chi connectivity index (χ1n) is 8.91. The maximum atomic E-state index is 5.55. The first-order valence-corrected chi connectivity index (χ1v) is 9.65. The van der Waals surface area contributed by atoms with E-state index < -0.39 is 0 Å². The molecule has 0 spiro atoms. The molecule has 0 aromatic heterocycles. The van der Waals surface area contributed by atoms with Crippen LogP contribution in [0.15, 0.2) is 91.2 Å². The SMILES string of the molecule is CN(C)c1cc(-c2ccccc2)c(C2=CC=COS2)c(-c2ccccc2)c1. The first-order chi connectivity index (χ1) is 13.2. The molecule has 0 amide bonds. The van der Waals surface area contributed by atoms with E-state index in [9.17, 15) is 0 Å². The van der Waals surface area contributed by atoms with Gasteiger partial charge in [0.2, 0.25) is 0 Å². The van der Waals surface area contributed by atoms with Crippen LogP contribution in [0.25, 0.3) is 27.2 Å². The quantitative estimate of drug-likeness (QED) is 0.478. The molecule has 0 fully saturated rings. The fraction of sp³-hybridized carbons (Fsp3) is 0.0833. The molecule has 134 valence electrons. The van der Waals surface area contributed by atoms with Gasteiger partial charge in [-0.1, -0.05) is 60.7 Å². The van der Waals surface area contributed by atoms with Gasteiger partial charge in [0.25, 0.3) is 0 Å². The van der Waals surface area contributed by atoms with Crippen LogP contribution in [0.5, 0.6) is 0 Å². The average Bonchev–Trinajstić information content (AvgIpc) is 2.74. The highest BCUT2D eigenvalue weighted by molar-refractivity contribution is 8.04. The van der Waals surface area contributed by atoms with Gasteiger partial charge in [-0.15, -0.1) is 0 Å². The van der Waals surface area contributed by atoms with E-state index in [4.69, 9.17) is 4.18 Å². The Labute approximate surface area is 165 Å². The fourth-order valence-corrected chi connectivity index (χ4v) is 3.89. The molecule has 0 unspecified atom stereocenters. The summed E-state index contributed by atoms with van der Waals surface area (Å²) in [7, 11) is 4.16. The molecular weight excluding hydrogens is 350 g/mol. The van der Waals surface area contributed by atoms with Gasteiger partial charge in [0.15, 0.2) is 0 Å². The third kappa shape index (κ3) is 3.64. The van der Waals surface area contributed by atoms with Crippen LogP contribution in [-0.2, 0) is 4.18 Å². The Morgan fingerprint density at radius 1 is 0.778 bits per heavy atom. The van der Waals surface area contributed by atoms with Crippen LogP contribution in [0.3, 0.4) is 0 Å². The molecule has 3 heteroatoms. The summed E-state index contributed by atoms with van der Waals surface area (Å²) in [6.45, 7) is 0. The maximum absolute atomic E-state index is 5.55. The van der Waals surface area contributed by atoms with E-state index in [0.29, 0.717) is 0 Å². The zero-order chi connectivity index (χ0) is 18.6. The Bertz CT molecular complexity index is 931. The van der Waals surface area contributed by atoms with Gasteiger partial charge in [0.05, 0.1) is 16.9 Å². The average molecular weight is 372 g/mol. The van der Waals surface area contributed by atoms with Crippen molar-refractivity contribution in [3.63, 3.8) is 0 Å². The van der Waals surface area contributed by atoms with Crippen molar-refractivity contribution >= 4 is 22.6 Å². The Balaban J connectivity index is 2.05. The summed E-state index contributed by atoms with van der Waals surface area (Å²) >= 11 is 1.41. The van der Waals surface area contributed by atoms with Crippen molar-refractivity contribution < 1.29 is 4.18 Å². The standard InChI is InChI=1S/C24H21NOS/c1-25(2)20-16-21(18-10-5-3-6-11-18)24(23-14-9-15-26-27-23)22(17-20)19-12-7-4-8-13-19/h3-17H,1-2H3. The minimum Gasteiger partial charge on any atom is -0.428 e. The maximum Gasteiger partial charge on any atom is 0.102 e. The second-order valence-electron chi connectivity index (χ2n) is 6.58. The first kappa shape index (κ1) is 17.5. The zero-order valence-electron chi connectivity index (χ0n) is 15.4. The van der Waals surface area contributed by atoms with Crippen molar-refractivity contribution in [2.45, 2.75) is 0 Å². The Morgan fingerprint density at radius 2 is 1.33 bits per heavy atom. The highest BCUT2D eigenvalue weighted by Crippen LogP contribution is 2.45. The molecule has 1 heterocycles. The van der Waals surface area contributed by atoms with Gasteiger partial charge in [-0.2, -0.15) is 0 Å². The summed E-state index contributed by atoms with van der Waals surface area (Å²) in [6.07, 6.45) is 5.79. The van der Waals surface area contributed by atoms with Crippen LogP contribution in [0.4, 0.5) is 5.69 Å². The Hall–Kier alpha value is -2.91. The van der Waals surface area contributed by atoms with E-state index in [-0.39, 0.29) is 0 Å². The molecular formula is C24H21NOS. The molecule has 0 radical (unpaired) electrons. The van der Waals surface area contributed by atoms with Crippen LogP contribution in [0.2, 0.25) is 0 Å². The summed E-state index contributed by atoms with van der Waals surface area (Å²) in [5, 5.41) is 0. The van der Waals surface area contributed by atoms with Crippen molar-refractivity contribution in [2.24, 2.45) is 0 Å². The lowest BCUT2D eigenvalue weighted by atomic mass is 9.90. The third-order valence-corrected chi connectivity index (χ3v) is 5.30. The van der Waals surface area contributed by atoms with Gasteiger partial charge >= 0.3 is 0 Å². The lowest BCUT2D eigenvalue weighted by Gasteiger charge is -2.23. The fourth-order valence-electron chi connectivity index (χ4n) is 3.23. The number of hydrogen-bond acceptors (Lipinski definition) is 3. The minimum atomic E-state index is 1.11. The van der Waals surface area contributed by atoms with Crippen LogP contribution >= 0.6 is 12.0 Å². The van der Waals surface area contributed by atoms with Gasteiger partial charge in [-0.05, 0) is 46.5 Å². The lowest BCUT2D eigenvalue weighted by Crippen LogP contribution is -2.09. The monoisotopic (exact) mass is 371 g/mol. The predicted octanol–water partition coefficient (Wildman–Crippen LogP) is 6.62. The van der Waals surface area contributed by atoms with E-state index in [0.717, 1.165) is 4.91 Å². The van der Waals surface area contributed by atoms with Crippen molar-refractivity contribution in [2.75, 3.05) is 19.0 Å². The summed E-state index contributed by atoms with van der Waals surface area (Å²) in [5.74, 6) is 0. The molecule has 0 N–H and O–H groups in total. The smallest absolute Gasteiger partial charge is 0.102 e. The van der Waals surface area contributed by atoms with Crippen LogP contribution < -0.4 is 4.90 Å². The van der Waals surface area contributed by atoms with Gasteiger partial charge in [-0.25, -0.2) is 0 Å². The third-order valence-electron chi connectivity index (χ3n) is 4.58. The molecule has 1 aliphatic rings. The molecule has 3 aromatic carbocycles. The summed E-state index contributed by atoms with van der Waals surface area (Å²) in [4.78, 5) is 3.27. The van der Waals surface area contributed by atoms with Gasteiger partial charge in [0, 0.05) is 25.3 Å². The molecule has 4 rings (SSSR count). The predicted molar refractivity (Wildman–Crippen MR) is 117 cm³/mol. The molecule has 0 aliphatic carbocycles. The summed E-state index contributed by atoms with van der Waals surface area (Å²) in [6, 6.07) is 25.6. The minimum absolute atomic E-state index is 1.11. The van der Waals surface area contributed by atoms with Gasteiger partial charge in [0.1, 0.15) is 6.26 Å². The van der Waals surface area contributed by atoms with Crippen LogP contribution in [0, 0.1) is 0 Å². The van der Waals surface area contributed by atoms with Crippen LogP contribution in [0.1, 0.15) is 5.56 Å². The molecule has 0 saturated carbocycles. The van der Waals surface area contributed by atoms with E-state index in [1.807, 2.05) is 6.08 Å². The van der Waals surface area contributed by atoms with Gasteiger partial charge < -0.3 is 9.08 Å². The second-order valence-corrected chi connectivity index (χ2v) is 7.38. The molecule has 0 bridgehead atoms. The number of allylic oxidation sites excluding steroid dienone is 2. The van der Waals surface area contributed by atoms with Crippen molar-refractivity contribution in [1.29, 1.82) is 0 Å². The number of benzene rings is 3. The molecule has 27 heavy (non-hydrogen) atoms. The van der Waals surface area contributed by atoms with Crippen molar-refractivity contribution in [3.05, 3.63) is 96.8 Å². The summed E-state index contributed by atoms with van der Waals surface area (Å²) in [5.41, 5.74) is 7.19. The number of hydrogen-bond donors (Lipinski definition) is 0. The molecule has 0 atom stereocenters. The van der Waals surface area contributed by atoms with Crippen LogP contribution in [-0.4, -0.2) is 14.1 Å². The van der Waals surface area contributed by atoms with Gasteiger partial charge in [-0.3, -0.25) is 0 Å². The zero-order valence-corrected chi connectivity index (χ0v) is 16.2. The highest BCUT2D eigenvalue weighted by atomic mass is 32.2. The van der Waals surface area contributed by atoms with E-state index >= 15 is 0 Å². The van der Waals surface area contributed by atoms with Crippen molar-refractivity contribution in [3.8, 4) is 22.3 Å². The highest BCUT2D eigenvalue weighted by Gasteiger charge is 2.20. The topological polar surface area (TPSA) is 12.5 Å². The Morgan fingerprint density at radius 3 is 1.78 bits per heavy atom. The number of nitrogens with zero attached hydrogens (tertiary/aromatic N) is 1. The van der Waals surface area contributed by atoms with E-state index in [2.05, 4.69) is 97.9 Å². The molecule has 3 aromatic rings. The molecule has 1 aliphatic heterocycles. The van der Waals surface area contributed by atoms with Crippen molar-refractivity contribution in [1.82, 2.24) is 0 Å². The number of anilines is 1. The second kappa shape index (κ2) is 7.77. The molecule has 2 nitrogen and oxygen atoms in total. The van der Waals surface area contributed by atoms with E-state index in [1.54, 1.807) is 6.26 Å². The Kier molecular flexibility index (Phi) is 5.03. The van der Waals surface area contributed by atoms with E-state index in [1.165, 1.54) is 45.5 Å². The largest absolute Gasteiger partial charge is 0.428 e. The summed E-state index contributed by atoms with van der Waals surface area (Å²) < 4.78 is 5.55. The lowest BCUT2D eigenvalue weighted by molar-refractivity contribution is 0.570. The number of rotatable bonds is 4. The molecule has 0 saturated heterocycles. The normalized spacial score (nSPS) is 13.0.